The van der Waals surface area contributed by atoms with Gasteiger partial charge in [0.2, 0.25) is 5.95 Å². The number of nitrogens with two attached hydrogens (primary N) is 1. The summed E-state index contributed by atoms with van der Waals surface area (Å²) in [5.41, 5.74) is 7.51. The summed E-state index contributed by atoms with van der Waals surface area (Å²) in [6.45, 7) is 1.41. The van der Waals surface area contributed by atoms with Crippen LogP contribution >= 0.6 is 0 Å². The Bertz CT molecular complexity index is 565. The van der Waals surface area contributed by atoms with Crippen molar-refractivity contribution in [2.24, 2.45) is 5.73 Å². The van der Waals surface area contributed by atoms with Crippen molar-refractivity contribution in [3.05, 3.63) is 24.3 Å². The number of benzene rings is 1. The maximum absolute atomic E-state index is 5.77. The van der Waals surface area contributed by atoms with Crippen molar-refractivity contribution in [2.45, 2.75) is 38.1 Å². The van der Waals surface area contributed by atoms with Gasteiger partial charge in [-0.1, -0.05) is 31.4 Å². The number of hydrogen-bond donors (Lipinski definition) is 1. The maximum Gasteiger partial charge on any atom is 0.246 e. The van der Waals surface area contributed by atoms with Gasteiger partial charge in [-0.15, -0.1) is 10.2 Å². The number of anilines is 1. The number of aromatic nitrogens is 3. The van der Waals surface area contributed by atoms with Gasteiger partial charge in [0.05, 0.1) is 5.52 Å². The highest BCUT2D eigenvalue weighted by Gasteiger charge is 2.23. The summed E-state index contributed by atoms with van der Waals surface area (Å²) < 4.78 is 0. The quantitative estimate of drug-likeness (QED) is 0.922. The van der Waals surface area contributed by atoms with Crippen LogP contribution in [0.15, 0.2) is 24.3 Å². The van der Waals surface area contributed by atoms with Crippen LogP contribution in [0.1, 0.15) is 32.1 Å². The minimum absolute atomic E-state index is 0.510. The van der Waals surface area contributed by atoms with E-state index in [2.05, 4.69) is 20.1 Å². The van der Waals surface area contributed by atoms with E-state index in [0.29, 0.717) is 12.6 Å². The Morgan fingerprint density at radius 3 is 2.55 bits per heavy atom. The number of rotatable bonds is 4. The Morgan fingerprint density at radius 1 is 1.05 bits per heavy atom. The van der Waals surface area contributed by atoms with Gasteiger partial charge in [0.1, 0.15) is 5.52 Å². The first kappa shape index (κ1) is 13.2. The Labute approximate surface area is 119 Å². The summed E-state index contributed by atoms with van der Waals surface area (Å²) in [6, 6.07) is 8.36. The molecule has 106 valence electrons. The van der Waals surface area contributed by atoms with Gasteiger partial charge in [-0.3, -0.25) is 0 Å². The predicted molar refractivity (Wildman–Crippen MR) is 80.6 cm³/mol. The van der Waals surface area contributed by atoms with Crippen LogP contribution in [0.4, 0.5) is 5.95 Å². The van der Waals surface area contributed by atoms with Crippen molar-refractivity contribution >= 4 is 17.0 Å². The number of nitrogens with zero attached hydrogens (tertiary/aromatic N) is 4. The zero-order chi connectivity index (χ0) is 13.8. The minimum Gasteiger partial charge on any atom is -0.335 e. The first-order valence-corrected chi connectivity index (χ1v) is 7.44. The van der Waals surface area contributed by atoms with Crippen molar-refractivity contribution in [1.82, 2.24) is 15.2 Å². The lowest BCUT2D eigenvalue weighted by Gasteiger charge is -2.33. The summed E-state index contributed by atoms with van der Waals surface area (Å²) in [7, 11) is 0. The lowest BCUT2D eigenvalue weighted by Crippen LogP contribution is -2.41. The van der Waals surface area contributed by atoms with Crippen LogP contribution in [0.25, 0.3) is 11.0 Å². The van der Waals surface area contributed by atoms with E-state index in [-0.39, 0.29) is 0 Å². The molecule has 1 aliphatic rings. The molecule has 0 radical (unpaired) electrons. The molecule has 3 rings (SSSR count). The molecule has 1 fully saturated rings. The van der Waals surface area contributed by atoms with Gasteiger partial charge < -0.3 is 10.6 Å². The molecule has 5 heteroatoms. The molecule has 0 aliphatic heterocycles. The second-order valence-corrected chi connectivity index (χ2v) is 5.37. The molecule has 0 amide bonds. The van der Waals surface area contributed by atoms with Gasteiger partial charge in [-0.25, -0.2) is 4.98 Å². The zero-order valence-electron chi connectivity index (χ0n) is 11.7. The van der Waals surface area contributed by atoms with E-state index in [1.807, 2.05) is 24.3 Å². The molecule has 2 N–H and O–H groups in total. The van der Waals surface area contributed by atoms with E-state index >= 15 is 0 Å². The molecule has 1 aromatic heterocycles. The fraction of sp³-hybridized carbons (Fsp3) is 0.533. The Kier molecular flexibility index (Phi) is 4.06. The molecular weight excluding hydrogens is 250 g/mol. The topological polar surface area (TPSA) is 67.9 Å². The van der Waals surface area contributed by atoms with E-state index in [0.717, 1.165) is 23.5 Å². The van der Waals surface area contributed by atoms with E-state index in [1.165, 1.54) is 32.1 Å². The van der Waals surface area contributed by atoms with Gasteiger partial charge in [-0.2, -0.15) is 0 Å². The fourth-order valence-corrected chi connectivity index (χ4v) is 2.97. The van der Waals surface area contributed by atoms with Gasteiger partial charge in [0, 0.05) is 19.1 Å². The highest BCUT2D eigenvalue weighted by molar-refractivity contribution is 5.74. The second-order valence-electron chi connectivity index (χ2n) is 5.37. The summed E-state index contributed by atoms with van der Waals surface area (Å²) in [5, 5.41) is 8.59. The van der Waals surface area contributed by atoms with Crippen LogP contribution in [0.2, 0.25) is 0 Å². The first-order valence-electron chi connectivity index (χ1n) is 7.44. The molecule has 0 bridgehead atoms. The van der Waals surface area contributed by atoms with E-state index in [1.54, 1.807) is 0 Å². The predicted octanol–water partition coefficient (Wildman–Crippen LogP) is 2.12. The highest BCUT2D eigenvalue weighted by Crippen LogP contribution is 2.25. The lowest BCUT2D eigenvalue weighted by atomic mass is 9.94. The third-order valence-electron chi connectivity index (χ3n) is 3.99. The van der Waals surface area contributed by atoms with Crippen molar-refractivity contribution in [2.75, 3.05) is 18.0 Å². The SMILES string of the molecule is NCCN(c1nnc2ccccc2n1)C1CCCCC1. The molecule has 0 unspecified atom stereocenters. The van der Waals surface area contributed by atoms with E-state index in [4.69, 9.17) is 5.73 Å². The summed E-state index contributed by atoms with van der Waals surface area (Å²) in [6.07, 6.45) is 6.32. The Hall–Kier alpha value is -1.75. The Morgan fingerprint density at radius 2 is 1.80 bits per heavy atom. The molecule has 0 saturated heterocycles. The average molecular weight is 271 g/mol. The molecule has 2 aromatic rings. The second kappa shape index (κ2) is 6.13. The first-order chi connectivity index (χ1) is 9.88. The van der Waals surface area contributed by atoms with Gasteiger partial charge in [0.15, 0.2) is 0 Å². The van der Waals surface area contributed by atoms with Gasteiger partial charge in [-0.05, 0) is 25.0 Å². The lowest BCUT2D eigenvalue weighted by molar-refractivity contribution is 0.411. The summed E-state index contributed by atoms with van der Waals surface area (Å²) in [5.74, 6) is 0.723. The molecular formula is C15H21N5. The Balaban J connectivity index is 1.91. The van der Waals surface area contributed by atoms with Crippen LogP contribution in [0, 0.1) is 0 Å². The largest absolute Gasteiger partial charge is 0.335 e. The van der Waals surface area contributed by atoms with Crippen LogP contribution in [-0.2, 0) is 0 Å². The molecule has 0 spiro atoms. The smallest absolute Gasteiger partial charge is 0.246 e. The molecule has 20 heavy (non-hydrogen) atoms. The summed E-state index contributed by atoms with van der Waals surface area (Å²) >= 11 is 0. The molecule has 1 aromatic carbocycles. The van der Waals surface area contributed by atoms with E-state index < -0.39 is 0 Å². The fourth-order valence-electron chi connectivity index (χ4n) is 2.97. The molecule has 0 atom stereocenters. The van der Waals surface area contributed by atoms with Crippen molar-refractivity contribution in [3.8, 4) is 0 Å². The monoisotopic (exact) mass is 271 g/mol. The summed E-state index contributed by atoms with van der Waals surface area (Å²) in [4.78, 5) is 6.91. The van der Waals surface area contributed by atoms with Crippen molar-refractivity contribution in [1.29, 1.82) is 0 Å². The number of fused-ring (bicyclic) bond motifs is 1. The average Bonchev–Trinajstić information content (AvgIpc) is 2.53. The van der Waals surface area contributed by atoms with Crippen LogP contribution in [0.5, 0.6) is 0 Å². The van der Waals surface area contributed by atoms with Crippen molar-refractivity contribution < 1.29 is 0 Å². The molecule has 5 nitrogen and oxygen atoms in total. The highest BCUT2D eigenvalue weighted by atomic mass is 15.3. The van der Waals surface area contributed by atoms with Gasteiger partial charge >= 0.3 is 0 Å². The van der Waals surface area contributed by atoms with Crippen LogP contribution < -0.4 is 10.6 Å². The molecule has 1 heterocycles. The number of hydrogen-bond acceptors (Lipinski definition) is 5. The molecule has 1 saturated carbocycles. The third-order valence-corrected chi connectivity index (χ3v) is 3.99. The maximum atomic E-state index is 5.77. The van der Waals surface area contributed by atoms with Crippen LogP contribution in [0.3, 0.4) is 0 Å². The number of para-hydroxylation sites is 1. The standard InChI is InChI=1S/C15H21N5/c16-10-11-20(12-6-2-1-3-7-12)15-17-13-8-4-5-9-14(13)18-19-15/h4-5,8-9,12H,1-3,6-7,10-11,16H2. The normalized spacial score (nSPS) is 16.4. The van der Waals surface area contributed by atoms with E-state index in [9.17, 15) is 0 Å². The van der Waals surface area contributed by atoms with Gasteiger partial charge in [0.25, 0.3) is 0 Å². The van der Waals surface area contributed by atoms with Crippen LogP contribution in [-0.4, -0.2) is 34.3 Å². The third kappa shape index (κ3) is 2.72. The molecule has 1 aliphatic carbocycles. The van der Waals surface area contributed by atoms with Crippen molar-refractivity contribution in [3.63, 3.8) is 0 Å². The zero-order valence-corrected chi connectivity index (χ0v) is 11.7. The minimum atomic E-state index is 0.510.